The normalized spacial score (nSPS) is 10.2. The van der Waals surface area contributed by atoms with Gasteiger partial charge in [-0.2, -0.15) is 0 Å². The number of hydrogen-bond acceptors (Lipinski definition) is 6. The molecule has 20 heavy (non-hydrogen) atoms. The fourth-order valence-electron chi connectivity index (χ4n) is 1.52. The fraction of sp³-hybridized carbons (Fsp3) is 0. The molecular formula is C13H9N5OS. The van der Waals surface area contributed by atoms with Gasteiger partial charge in [-0.15, -0.1) is 11.3 Å². The smallest absolute Gasteiger partial charge is 0.276 e. The minimum atomic E-state index is -0.296. The Morgan fingerprint density at radius 1 is 1.15 bits per heavy atom. The summed E-state index contributed by atoms with van der Waals surface area (Å²) in [6.45, 7) is 0. The molecule has 3 aromatic rings. The molecule has 98 valence electrons. The van der Waals surface area contributed by atoms with Crippen molar-refractivity contribution in [2.24, 2.45) is 0 Å². The molecule has 7 heteroatoms. The molecule has 0 radical (unpaired) electrons. The number of nitrogens with one attached hydrogen (secondary N) is 1. The van der Waals surface area contributed by atoms with E-state index in [2.05, 4.69) is 25.3 Å². The number of anilines is 1. The number of amides is 1. The maximum Gasteiger partial charge on any atom is 0.276 e. The van der Waals surface area contributed by atoms with Crippen molar-refractivity contribution in [2.45, 2.75) is 0 Å². The molecule has 1 amide bonds. The number of carbonyl (C=O) groups is 1. The van der Waals surface area contributed by atoms with Crippen LogP contribution >= 0.6 is 11.3 Å². The lowest BCUT2D eigenvalue weighted by molar-refractivity contribution is 0.102. The predicted octanol–water partition coefficient (Wildman–Crippen LogP) is 2.25. The van der Waals surface area contributed by atoms with E-state index in [1.807, 2.05) is 0 Å². The summed E-state index contributed by atoms with van der Waals surface area (Å²) < 4.78 is 0. The minimum Gasteiger partial charge on any atom is -0.305 e. The molecule has 0 bridgehead atoms. The molecule has 6 nitrogen and oxygen atoms in total. The summed E-state index contributed by atoms with van der Waals surface area (Å²) in [5, 5.41) is 5.02. The fourth-order valence-corrected chi connectivity index (χ4v) is 2.28. The zero-order valence-corrected chi connectivity index (χ0v) is 11.0. The topological polar surface area (TPSA) is 80.7 Å². The average Bonchev–Trinajstić information content (AvgIpc) is 2.99. The lowest BCUT2D eigenvalue weighted by atomic mass is 10.4. The first kappa shape index (κ1) is 12.4. The highest BCUT2D eigenvalue weighted by molar-refractivity contribution is 7.13. The van der Waals surface area contributed by atoms with Gasteiger partial charge < -0.3 is 5.32 Å². The van der Waals surface area contributed by atoms with Gasteiger partial charge in [0.15, 0.2) is 0 Å². The first-order valence-electron chi connectivity index (χ1n) is 5.77. The van der Waals surface area contributed by atoms with E-state index in [9.17, 15) is 4.79 Å². The maximum absolute atomic E-state index is 12.0. The van der Waals surface area contributed by atoms with E-state index in [1.165, 1.54) is 11.3 Å². The molecule has 3 rings (SSSR count). The Labute approximate surface area is 118 Å². The molecule has 0 atom stereocenters. The number of rotatable bonds is 3. The second kappa shape index (κ2) is 5.54. The van der Waals surface area contributed by atoms with Crippen molar-refractivity contribution in [3.63, 3.8) is 0 Å². The van der Waals surface area contributed by atoms with E-state index in [-0.39, 0.29) is 5.91 Å². The quantitative estimate of drug-likeness (QED) is 0.797. The summed E-state index contributed by atoms with van der Waals surface area (Å²) in [6, 6.07) is 5.30. The van der Waals surface area contributed by atoms with Gasteiger partial charge in [-0.25, -0.2) is 9.97 Å². The van der Waals surface area contributed by atoms with Gasteiger partial charge in [0, 0.05) is 24.0 Å². The minimum absolute atomic E-state index is 0.296. The van der Waals surface area contributed by atoms with E-state index >= 15 is 0 Å². The number of pyridine rings is 1. The molecule has 0 unspecified atom stereocenters. The van der Waals surface area contributed by atoms with Crippen molar-refractivity contribution in [3.8, 4) is 10.7 Å². The van der Waals surface area contributed by atoms with Crippen molar-refractivity contribution >= 4 is 23.1 Å². The van der Waals surface area contributed by atoms with Gasteiger partial charge in [0.05, 0.1) is 6.20 Å². The first-order valence-corrected chi connectivity index (χ1v) is 6.65. The van der Waals surface area contributed by atoms with Crippen LogP contribution in [0, 0.1) is 0 Å². The molecule has 3 heterocycles. The second-order valence-corrected chi connectivity index (χ2v) is 4.66. The van der Waals surface area contributed by atoms with Gasteiger partial charge in [-0.05, 0) is 12.1 Å². The predicted molar refractivity (Wildman–Crippen MR) is 75.3 cm³/mol. The Hall–Kier alpha value is -2.67. The van der Waals surface area contributed by atoms with Crippen LogP contribution in [0.25, 0.3) is 10.7 Å². The zero-order chi connectivity index (χ0) is 13.8. The third-order valence-electron chi connectivity index (χ3n) is 2.43. The van der Waals surface area contributed by atoms with E-state index < -0.39 is 0 Å². The molecule has 0 saturated heterocycles. The molecule has 0 aliphatic heterocycles. The number of hydrogen-bond donors (Lipinski definition) is 1. The van der Waals surface area contributed by atoms with Crippen LogP contribution in [0.2, 0.25) is 0 Å². The molecular weight excluding hydrogens is 274 g/mol. The van der Waals surface area contributed by atoms with E-state index in [0.717, 1.165) is 0 Å². The molecule has 1 N–H and O–H groups in total. The van der Waals surface area contributed by atoms with Crippen molar-refractivity contribution in [1.29, 1.82) is 0 Å². The molecule has 0 fully saturated rings. The Morgan fingerprint density at radius 2 is 2.10 bits per heavy atom. The molecule has 0 saturated carbocycles. The second-order valence-electron chi connectivity index (χ2n) is 3.80. The van der Waals surface area contributed by atoms with Crippen LogP contribution in [-0.4, -0.2) is 25.8 Å². The van der Waals surface area contributed by atoms with Crippen molar-refractivity contribution in [2.75, 3.05) is 5.32 Å². The SMILES string of the molecule is O=C(Nc1ccccn1)c1csc(-c2cnccn2)n1. The van der Waals surface area contributed by atoms with Crippen LogP contribution in [0.15, 0.2) is 48.4 Å². The Morgan fingerprint density at radius 3 is 2.85 bits per heavy atom. The highest BCUT2D eigenvalue weighted by Gasteiger charge is 2.13. The Kier molecular flexibility index (Phi) is 3.42. The summed E-state index contributed by atoms with van der Waals surface area (Å²) in [7, 11) is 0. The molecule has 0 aromatic carbocycles. The van der Waals surface area contributed by atoms with Gasteiger partial charge in [-0.1, -0.05) is 6.07 Å². The zero-order valence-electron chi connectivity index (χ0n) is 10.2. The number of nitrogens with zero attached hydrogens (tertiary/aromatic N) is 4. The van der Waals surface area contributed by atoms with Crippen LogP contribution in [0.3, 0.4) is 0 Å². The van der Waals surface area contributed by atoms with Gasteiger partial charge in [0.25, 0.3) is 5.91 Å². The first-order chi connectivity index (χ1) is 9.83. The van der Waals surface area contributed by atoms with Crippen LogP contribution in [-0.2, 0) is 0 Å². The highest BCUT2D eigenvalue weighted by Crippen LogP contribution is 2.21. The van der Waals surface area contributed by atoms with Crippen LogP contribution < -0.4 is 5.32 Å². The van der Waals surface area contributed by atoms with E-state index in [4.69, 9.17) is 0 Å². The lowest BCUT2D eigenvalue weighted by Crippen LogP contribution is -2.13. The monoisotopic (exact) mass is 283 g/mol. The molecule has 0 spiro atoms. The van der Waals surface area contributed by atoms with Crippen LogP contribution in [0.5, 0.6) is 0 Å². The summed E-state index contributed by atoms with van der Waals surface area (Å²) in [6.07, 6.45) is 6.40. The number of carbonyl (C=O) groups excluding carboxylic acids is 1. The largest absolute Gasteiger partial charge is 0.305 e. The van der Waals surface area contributed by atoms with Crippen molar-refractivity contribution < 1.29 is 4.79 Å². The van der Waals surface area contributed by atoms with Gasteiger partial charge >= 0.3 is 0 Å². The van der Waals surface area contributed by atoms with Gasteiger partial charge in [-0.3, -0.25) is 14.8 Å². The Bertz CT molecular complexity index is 714. The maximum atomic E-state index is 12.0. The Balaban J connectivity index is 1.79. The summed E-state index contributed by atoms with van der Waals surface area (Å²) in [4.78, 5) is 28.4. The van der Waals surface area contributed by atoms with E-state index in [1.54, 1.807) is 48.4 Å². The van der Waals surface area contributed by atoms with Crippen LogP contribution in [0.4, 0.5) is 5.82 Å². The van der Waals surface area contributed by atoms with Crippen molar-refractivity contribution in [3.05, 3.63) is 54.1 Å². The third kappa shape index (κ3) is 2.67. The molecule has 3 aromatic heterocycles. The number of thiazole rings is 1. The van der Waals surface area contributed by atoms with Gasteiger partial charge in [0.2, 0.25) is 0 Å². The standard InChI is InChI=1S/C13H9N5OS/c19-12(18-11-3-1-2-4-16-11)10-8-20-13(17-10)9-7-14-5-6-15-9/h1-8H,(H,16,18,19). The highest BCUT2D eigenvalue weighted by atomic mass is 32.1. The summed E-state index contributed by atoms with van der Waals surface area (Å²) >= 11 is 1.35. The van der Waals surface area contributed by atoms with Crippen molar-refractivity contribution in [1.82, 2.24) is 19.9 Å². The summed E-state index contributed by atoms with van der Waals surface area (Å²) in [5.41, 5.74) is 0.982. The lowest BCUT2D eigenvalue weighted by Gasteiger charge is -2.00. The molecule has 0 aliphatic carbocycles. The molecule has 0 aliphatic rings. The number of aromatic nitrogens is 4. The summed E-state index contributed by atoms with van der Waals surface area (Å²) in [5.74, 6) is 0.196. The van der Waals surface area contributed by atoms with Crippen LogP contribution in [0.1, 0.15) is 10.5 Å². The average molecular weight is 283 g/mol. The van der Waals surface area contributed by atoms with Gasteiger partial charge in [0.1, 0.15) is 22.2 Å². The third-order valence-corrected chi connectivity index (χ3v) is 3.29. The van der Waals surface area contributed by atoms with E-state index in [0.29, 0.717) is 22.2 Å².